The third kappa shape index (κ3) is 4.03. The predicted octanol–water partition coefficient (Wildman–Crippen LogP) is -0.501. The highest BCUT2D eigenvalue weighted by Crippen LogP contribution is 1.93. The molecule has 0 aromatic heterocycles. The Hall–Kier alpha value is -0.900. The highest BCUT2D eigenvalue weighted by atomic mass is 16.6. The summed E-state index contributed by atoms with van der Waals surface area (Å²) in [5, 5.41) is 8.19. The fourth-order valence-electron chi connectivity index (χ4n) is 0.445. The summed E-state index contributed by atoms with van der Waals surface area (Å²) in [4.78, 5) is 20.1. The van der Waals surface area contributed by atoms with Gasteiger partial charge in [-0.1, -0.05) is 0 Å². The molecule has 0 rings (SSSR count). The van der Waals surface area contributed by atoms with Gasteiger partial charge in [-0.2, -0.15) is 0 Å². The molecule has 0 spiro atoms. The van der Waals surface area contributed by atoms with E-state index in [0.29, 0.717) is 6.29 Å². The van der Waals surface area contributed by atoms with Crippen molar-refractivity contribution < 1.29 is 19.4 Å². The summed E-state index contributed by atoms with van der Waals surface area (Å²) in [6, 6.07) is 0. The van der Waals surface area contributed by atoms with Crippen molar-refractivity contribution in [2.24, 2.45) is 0 Å². The maximum Gasteiger partial charge on any atom is 0.332 e. The van der Waals surface area contributed by atoms with Crippen LogP contribution in [0.5, 0.6) is 0 Å². The van der Waals surface area contributed by atoms with Crippen molar-refractivity contribution in [3.8, 4) is 0 Å². The van der Waals surface area contributed by atoms with E-state index in [1.165, 1.54) is 0 Å². The summed E-state index contributed by atoms with van der Waals surface area (Å²) >= 11 is 0. The second-order valence-corrected chi connectivity index (χ2v) is 1.86. The van der Waals surface area contributed by atoms with Gasteiger partial charge >= 0.3 is 5.97 Å². The van der Waals surface area contributed by atoms with Crippen LogP contribution in [-0.2, 0) is 14.3 Å². The number of ether oxygens (including phenoxy) is 1. The first-order valence-electron chi connectivity index (χ1n) is 2.94. The lowest BCUT2D eigenvalue weighted by Crippen LogP contribution is -2.17. The van der Waals surface area contributed by atoms with Crippen LogP contribution in [-0.4, -0.2) is 30.1 Å². The molecule has 1 atom stereocenters. The second-order valence-electron chi connectivity index (χ2n) is 1.86. The minimum absolute atomic E-state index is 0.172. The van der Waals surface area contributed by atoms with Gasteiger partial charge in [0.2, 0.25) is 0 Å². The molecule has 0 saturated heterocycles. The normalized spacial score (nSPS) is 12.2. The van der Waals surface area contributed by atoms with Gasteiger partial charge in [0.05, 0.1) is 0 Å². The molecular formula is C6H10O4. The summed E-state index contributed by atoms with van der Waals surface area (Å²) in [6.07, 6.45) is 0.401. The van der Waals surface area contributed by atoms with E-state index in [1.807, 2.05) is 0 Å². The second kappa shape index (κ2) is 4.93. The average Bonchev–Trinajstić information content (AvgIpc) is 1.88. The Kier molecular flexibility index (Phi) is 4.49. The standard InChI is InChI=1S/C6H10O4/c1-5(2-3-7)10-6(9)4-8/h3,5,8H,2,4H2,1H3. The van der Waals surface area contributed by atoms with Crippen LogP contribution < -0.4 is 0 Å². The number of carbonyl (C=O) groups excluding carboxylic acids is 2. The number of hydrogen-bond acceptors (Lipinski definition) is 4. The number of aliphatic hydroxyl groups excluding tert-OH is 1. The van der Waals surface area contributed by atoms with Gasteiger partial charge in [-0.25, -0.2) is 4.79 Å². The molecule has 0 aromatic carbocycles. The number of aldehydes is 1. The Morgan fingerprint density at radius 3 is 2.80 bits per heavy atom. The van der Waals surface area contributed by atoms with Crippen LogP contribution >= 0.6 is 0 Å². The fraction of sp³-hybridized carbons (Fsp3) is 0.667. The fourth-order valence-corrected chi connectivity index (χ4v) is 0.445. The maximum atomic E-state index is 10.3. The van der Waals surface area contributed by atoms with E-state index in [0.717, 1.165) is 0 Å². The zero-order valence-electron chi connectivity index (χ0n) is 5.74. The van der Waals surface area contributed by atoms with Crippen LogP contribution in [0.25, 0.3) is 0 Å². The molecule has 4 heteroatoms. The lowest BCUT2D eigenvalue weighted by atomic mass is 10.3. The largest absolute Gasteiger partial charge is 0.461 e. The first-order chi connectivity index (χ1) is 4.70. The Balaban J connectivity index is 3.46. The van der Waals surface area contributed by atoms with E-state index in [4.69, 9.17) is 5.11 Å². The highest BCUT2D eigenvalue weighted by Gasteiger charge is 2.06. The molecule has 0 aliphatic heterocycles. The number of esters is 1. The molecule has 0 saturated carbocycles. The van der Waals surface area contributed by atoms with Gasteiger partial charge in [0.1, 0.15) is 19.0 Å². The molecule has 1 N–H and O–H groups in total. The minimum Gasteiger partial charge on any atom is -0.461 e. The van der Waals surface area contributed by atoms with E-state index in [-0.39, 0.29) is 6.42 Å². The predicted molar refractivity (Wildman–Crippen MR) is 33.3 cm³/mol. The Morgan fingerprint density at radius 1 is 1.80 bits per heavy atom. The summed E-state index contributed by atoms with van der Waals surface area (Å²) in [7, 11) is 0. The zero-order valence-corrected chi connectivity index (χ0v) is 5.74. The zero-order chi connectivity index (χ0) is 7.98. The Morgan fingerprint density at radius 2 is 2.40 bits per heavy atom. The third-order valence-corrected chi connectivity index (χ3v) is 0.890. The summed E-state index contributed by atoms with van der Waals surface area (Å²) in [6.45, 7) is 0.950. The highest BCUT2D eigenvalue weighted by molar-refractivity contribution is 5.70. The minimum atomic E-state index is -0.700. The third-order valence-electron chi connectivity index (χ3n) is 0.890. The molecule has 0 aliphatic rings. The van der Waals surface area contributed by atoms with E-state index < -0.39 is 18.7 Å². The van der Waals surface area contributed by atoms with Gasteiger partial charge in [0.15, 0.2) is 0 Å². The van der Waals surface area contributed by atoms with Crippen LogP contribution in [0.1, 0.15) is 13.3 Å². The average molecular weight is 146 g/mol. The van der Waals surface area contributed by atoms with Gasteiger partial charge in [0.25, 0.3) is 0 Å². The van der Waals surface area contributed by atoms with Crippen molar-refractivity contribution in [3.05, 3.63) is 0 Å². The van der Waals surface area contributed by atoms with Gasteiger partial charge < -0.3 is 14.6 Å². The Bertz CT molecular complexity index is 121. The molecule has 0 heterocycles. The van der Waals surface area contributed by atoms with Crippen molar-refractivity contribution in [2.45, 2.75) is 19.4 Å². The first kappa shape index (κ1) is 9.10. The van der Waals surface area contributed by atoms with Gasteiger partial charge in [0, 0.05) is 6.42 Å². The van der Waals surface area contributed by atoms with Crippen LogP contribution in [0.15, 0.2) is 0 Å². The molecule has 0 bridgehead atoms. The van der Waals surface area contributed by atoms with Crippen LogP contribution in [0.3, 0.4) is 0 Å². The topological polar surface area (TPSA) is 63.6 Å². The van der Waals surface area contributed by atoms with Crippen LogP contribution in [0, 0.1) is 0 Å². The van der Waals surface area contributed by atoms with Crippen molar-refractivity contribution in [1.82, 2.24) is 0 Å². The molecule has 0 amide bonds. The van der Waals surface area contributed by atoms with E-state index in [1.54, 1.807) is 6.92 Å². The van der Waals surface area contributed by atoms with Gasteiger partial charge in [-0.3, -0.25) is 0 Å². The summed E-state index contributed by atoms with van der Waals surface area (Å²) in [5.41, 5.74) is 0. The molecule has 0 fully saturated rings. The lowest BCUT2D eigenvalue weighted by molar-refractivity contribution is -0.151. The van der Waals surface area contributed by atoms with E-state index in [2.05, 4.69) is 4.74 Å². The molecule has 0 aromatic rings. The number of aliphatic hydroxyl groups is 1. The SMILES string of the molecule is CC(CC=O)OC(=O)CO. The first-order valence-corrected chi connectivity index (χ1v) is 2.94. The molecule has 10 heavy (non-hydrogen) atoms. The number of carbonyl (C=O) groups is 2. The quantitative estimate of drug-likeness (QED) is 0.429. The van der Waals surface area contributed by atoms with Crippen molar-refractivity contribution in [1.29, 1.82) is 0 Å². The molecule has 58 valence electrons. The smallest absolute Gasteiger partial charge is 0.332 e. The van der Waals surface area contributed by atoms with Crippen molar-refractivity contribution in [3.63, 3.8) is 0 Å². The van der Waals surface area contributed by atoms with Gasteiger partial charge in [-0.15, -0.1) is 0 Å². The molecule has 4 nitrogen and oxygen atoms in total. The molecule has 1 unspecified atom stereocenters. The number of hydrogen-bond donors (Lipinski definition) is 1. The lowest BCUT2D eigenvalue weighted by Gasteiger charge is -2.07. The van der Waals surface area contributed by atoms with Crippen molar-refractivity contribution in [2.75, 3.05) is 6.61 Å². The van der Waals surface area contributed by atoms with E-state index >= 15 is 0 Å². The molecular weight excluding hydrogens is 136 g/mol. The maximum absolute atomic E-state index is 10.3. The van der Waals surface area contributed by atoms with Gasteiger partial charge in [-0.05, 0) is 6.92 Å². The molecule has 0 aliphatic carbocycles. The monoisotopic (exact) mass is 146 g/mol. The number of rotatable bonds is 4. The molecule has 0 radical (unpaired) electrons. The summed E-state index contributed by atoms with van der Waals surface area (Å²) < 4.78 is 4.52. The summed E-state index contributed by atoms with van der Waals surface area (Å²) in [5.74, 6) is -0.700. The van der Waals surface area contributed by atoms with Crippen LogP contribution in [0.4, 0.5) is 0 Å². The Labute approximate surface area is 58.8 Å². The van der Waals surface area contributed by atoms with Crippen LogP contribution in [0.2, 0.25) is 0 Å². The van der Waals surface area contributed by atoms with E-state index in [9.17, 15) is 9.59 Å². The van der Waals surface area contributed by atoms with Crippen molar-refractivity contribution >= 4 is 12.3 Å².